The highest BCUT2D eigenvalue weighted by Gasteiger charge is 2.32. The number of rotatable bonds is 11. The molecule has 0 aliphatic rings. The first-order chi connectivity index (χ1) is 26.2. The first kappa shape index (κ1) is 48.4. The van der Waals surface area contributed by atoms with Crippen LogP contribution in [0, 0.1) is 0 Å². The number of phenols is 2. The molecule has 7 nitrogen and oxygen atoms in total. The molecule has 3 aromatic rings. The third-order valence-corrected chi connectivity index (χ3v) is 10.8. The number of ether oxygens (including phenoxy) is 1. The van der Waals surface area contributed by atoms with E-state index < -0.39 is 17.0 Å². The molecule has 0 saturated heterocycles. The summed E-state index contributed by atoms with van der Waals surface area (Å²) in [6.07, 6.45) is 2.75. The topological polar surface area (TPSA) is 108 Å². The zero-order chi connectivity index (χ0) is 44.6. The van der Waals surface area contributed by atoms with Crippen molar-refractivity contribution in [1.29, 1.82) is 0 Å². The van der Waals surface area contributed by atoms with Crippen LogP contribution in [0.5, 0.6) is 17.2 Å². The van der Waals surface area contributed by atoms with Gasteiger partial charge in [0.2, 0.25) is 0 Å². The minimum atomic E-state index is -0.618. The van der Waals surface area contributed by atoms with Gasteiger partial charge in [-0.15, -0.1) is 0 Å². The number of benzene rings is 3. The Labute approximate surface area is 352 Å². The Kier molecular flexibility index (Phi) is 14.4. The van der Waals surface area contributed by atoms with E-state index >= 15 is 0 Å². The van der Waals surface area contributed by atoms with Gasteiger partial charge in [-0.1, -0.05) is 144 Å². The van der Waals surface area contributed by atoms with Gasteiger partial charge in [-0.05, 0) is 98.4 Å². The van der Waals surface area contributed by atoms with Crippen LogP contribution in [0.3, 0.4) is 0 Å². The summed E-state index contributed by atoms with van der Waals surface area (Å²) in [5, 5.41) is 29.0. The van der Waals surface area contributed by atoms with Crippen molar-refractivity contribution in [2.24, 2.45) is 0 Å². The molecule has 4 N–H and O–H groups in total. The van der Waals surface area contributed by atoms with Crippen LogP contribution in [0.1, 0.15) is 217 Å². The van der Waals surface area contributed by atoms with Crippen molar-refractivity contribution in [2.75, 3.05) is 0 Å². The number of hydrogen-bond acceptors (Lipinski definition) is 5. The molecular formula is C51H78N2O5. The third-order valence-electron chi connectivity index (χ3n) is 10.8. The second-order valence-corrected chi connectivity index (χ2v) is 22.6. The number of unbranched alkanes of at least 4 members (excludes halogenated alkanes) is 2. The average molecular weight is 799 g/mol. The van der Waals surface area contributed by atoms with Crippen LogP contribution in [0.2, 0.25) is 0 Å². The molecule has 1 atom stereocenters. The largest absolute Gasteiger partial charge is 0.507 e. The number of aromatic hydroxyl groups is 2. The van der Waals surface area contributed by atoms with E-state index in [1.165, 1.54) is 0 Å². The Morgan fingerprint density at radius 2 is 0.828 bits per heavy atom. The van der Waals surface area contributed by atoms with E-state index in [0.717, 1.165) is 52.8 Å². The van der Waals surface area contributed by atoms with Crippen LogP contribution in [0.25, 0.3) is 0 Å². The van der Waals surface area contributed by atoms with Crippen LogP contribution in [-0.4, -0.2) is 28.2 Å². The van der Waals surface area contributed by atoms with Gasteiger partial charge in [0.1, 0.15) is 30.0 Å². The summed E-state index contributed by atoms with van der Waals surface area (Å²) in [5.41, 5.74) is 4.84. The number of nitrogens with one attached hydrogen (secondary N) is 2. The molecule has 0 radical (unpaired) electrons. The molecular weight excluding hydrogens is 721 g/mol. The Morgan fingerprint density at radius 1 is 0.517 bits per heavy atom. The summed E-state index contributed by atoms with van der Waals surface area (Å²) in [6, 6.07) is 11.5. The molecule has 2 amide bonds. The lowest BCUT2D eigenvalue weighted by Gasteiger charge is -2.31. The molecule has 0 saturated carbocycles. The van der Waals surface area contributed by atoms with Crippen molar-refractivity contribution in [3.8, 4) is 17.2 Å². The lowest BCUT2D eigenvalue weighted by Crippen LogP contribution is -2.48. The molecule has 0 aliphatic carbocycles. The first-order valence-corrected chi connectivity index (χ1v) is 21.4. The standard InChI is InChI=1S/C51H78N2O5/c1-20-21-22-23-40(52-44(56)32-26-36(48(8,9)10)42(55)37(27-32)49(11,12)13)53-45(57)33-28-38(50(14,15)16)43(39(29-33)51(17,18)19)58-30-31-24-34(46(2,3)4)41(54)35(25-31)47(5,6)7/h24-29,40,54-55H,20-23,30H2,1-19H3,(H,52,56)(H,53,57). The van der Waals surface area contributed by atoms with Crippen LogP contribution in [0.15, 0.2) is 36.4 Å². The van der Waals surface area contributed by atoms with Gasteiger partial charge >= 0.3 is 0 Å². The fraction of sp³-hybridized carbons (Fsp3) is 0.608. The zero-order valence-electron chi connectivity index (χ0n) is 39.7. The van der Waals surface area contributed by atoms with Crippen molar-refractivity contribution in [3.05, 3.63) is 86.5 Å². The average Bonchev–Trinajstić information content (AvgIpc) is 3.04. The SMILES string of the molecule is CCCCCC(NC(=O)c1cc(C(C)(C)C)c(O)c(C(C)(C)C)c1)NC(=O)c1cc(C(C)(C)C)c(OCc2cc(C(C)(C)C)c(O)c(C(C)(C)C)c2)c(C(C)(C)C)c1. The second kappa shape index (κ2) is 17.3. The number of carbonyl (C=O) groups excluding carboxylic acids is 2. The maximum Gasteiger partial charge on any atom is 0.252 e. The molecule has 322 valence electrons. The summed E-state index contributed by atoms with van der Waals surface area (Å²) in [5.74, 6) is 0.730. The summed E-state index contributed by atoms with van der Waals surface area (Å²) in [7, 11) is 0. The van der Waals surface area contributed by atoms with E-state index in [9.17, 15) is 19.8 Å². The fourth-order valence-corrected chi connectivity index (χ4v) is 7.28. The molecule has 7 heteroatoms. The van der Waals surface area contributed by atoms with Crippen LogP contribution < -0.4 is 15.4 Å². The number of carbonyl (C=O) groups is 2. The van der Waals surface area contributed by atoms with Gasteiger partial charge in [0.15, 0.2) is 0 Å². The zero-order valence-corrected chi connectivity index (χ0v) is 39.7. The van der Waals surface area contributed by atoms with Gasteiger partial charge < -0.3 is 25.6 Å². The lowest BCUT2D eigenvalue weighted by atomic mass is 9.78. The highest BCUT2D eigenvalue weighted by Crippen LogP contribution is 2.44. The minimum Gasteiger partial charge on any atom is -0.507 e. The third kappa shape index (κ3) is 12.0. The van der Waals surface area contributed by atoms with Gasteiger partial charge in [-0.3, -0.25) is 9.59 Å². The summed E-state index contributed by atoms with van der Waals surface area (Å²) in [6.45, 7) is 40.0. The Hall–Kier alpha value is -4.00. The Morgan fingerprint density at radius 3 is 1.14 bits per heavy atom. The van der Waals surface area contributed by atoms with Crippen molar-refractivity contribution in [2.45, 2.75) is 202 Å². The van der Waals surface area contributed by atoms with E-state index in [-0.39, 0.29) is 39.2 Å². The summed E-state index contributed by atoms with van der Waals surface area (Å²) < 4.78 is 6.85. The van der Waals surface area contributed by atoms with Gasteiger partial charge in [-0.25, -0.2) is 0 Å². The monoisotopic (exact) mass is 799 g/mol. The maximum atomic E-state index is 14.4. The molecule has 3 rings (SSSR count). The molecule has 0 heterocycles. The number of amides is 2. The highest BCUT2D eigenvalue weighted by atomic mass is 16.5. The Balaban J connectivity index is 2.11. The molecule has 0 bridgehead atoms. The van der Waals surface area contributed by atoms with E-state index in [0.29, 0.717) is 41.0 Å². The van der Waals surface area contributed by atoms with Gasteiger partial charge in [0.25, 0.3) is 11.8 Å². The second-order valence-electron chi connectivity index (χ2n) is 22.6. The van der Waals surface area contributed by atoms with E-state index in [1.54, 1.807) is 12.1 Å². The van der Waals surface area contributed by atoms with Crippen LogP contribution >= 0.6 is 0 Å². The summed E-state index contributed by atoms with van der Waals surface area (Å²) >= 11 is 0. The van der Waals surface area contributed by atoms with Crippen LogP contribution in [-0.2, 0) is 39.1 Å². The lowest BCUT2D eigenvalue weighted by molar-refractivity contribution is 0.0878. The smallest absolute Gasteiger partial charge is 0.252 e. The number of phenolic OH excluding ortho intramolecular Hbond substituents is 2. The first-order valence-electron chi connectivity index (χ1n) is 21.4. The molecule has 0 spiro atoms. The predicted molar refractivity (Wildman–Crippen MR) is 242 cm³/mol. The van der Waals surface area contributed by atoms with Crippen molar-refractivity contribution >= 4 is 11.8 Å². The molecule has 0 fully saturated rings. The van der Waals surface area contributed by atoms with Gasteiger partial charge in [0, 0.05) is 33.4 Å². The van der Waals surface area contributed by atoms with E-state index in [2.05, 4.69) is 113 Å². The molecule has 1 unspecified atom stereocenters. The minimum absolute atomic E-state index is 0.216. The quantitative estimate of drug-likeness (QED) is 0.114. The van der Waals surface area contributed by atoms with E-state index in [4.69, 9.17) is 4.74 Å². The Bertz CT molecular complexity index is 1840. The van der Waals surface area contributed by atoms with E-state index in [1.807, 2.05) is 53.7 Å². The molecule has 0 aromatic heterocycles. The van der Waals surface area contributed by atoms with Crippen LogP contribution in [0.4, 0.5) is 0 Å². The van der Waals surface area contributed by atoms with Crippen molar-refractivity contribution in [1.82, 2.24) is 10.6 Å². The molecule has 58 heavy (non-hydrogen) atoms. The normalized spacial score (nSPS) is 13.6. The van der Waals surface area contributed by atoms with Crippen molar-refractivity contribution in [3.63, 3.8) is 0 Å². The highest BCUT2D eigenvalue weighted by molar-refractivity contribution is 5.97. The fourth-order valence-electron chi connectivity index (χ4n) is 7.28. The molecule has 3 aromatic carbocycles. The maximum absolute atomic E-state index is 14.4. The van der Waals surface area contributed by atoms with Gasteiger partial charge in [-0.2, -0.15) is 0 Å². The van der Waals surface area contributed by atoms with Crippen molar-refractivity contribution < 1.29 is 24.5 Å². The predicted octanol–water partition coefficient (Wildman–Crippen LogP) is 12.5. The number of hydrogen-bond donors (Lipinski definition) is 4. The summed E-state index contributed by atoms with van der Waals surface area (Å²) in [4.78, 5) is 28.5. The molecule has 0 aliphatic heterocycles. The van der Waals surface area contributed by atoms with Gasteiger partial charge in [0.05, 0.1) is 0 Å².